The number of nitrogens with zero attached hydrogens (tertiary/aromatic N) is 1. The van der Waals surface area contributed by atoms with Gasteiger partial charge in [0, 0.05) is 10.9 Å². The molecule has 2 nitrogen and oxygen atoms in total. The largest absolute Gasteiger partial charge is 0.319 e. The van der Waals surface area contributed by atoms with E-state index in [-0.39, 0.29) is 11.1 Å². The summed E-state index contributed by atoms with van der Waals surface area (Å²) >= 11 is 1.43. The second-order valence-electron chi connectivity index (χ2n) is 3.87. The maximum atomic E-state index is 13.7. The van der Waals surface area contributed by atoms with Gasteiger partial charge >= 0.3 is 0 Å². The fourth-order valence-corrected chi connectivity index (χ4v) is 2.23. The van der Waals surface area contributed by atoms with Gasteiger partial charge in [-0.15, -0.1) is 11.3 Å². The van der Waals surface area contributed by atoms with E-state index in [2.05, 4.69) is 4.98 Å². The lowest BCUT2D eigenvalue weighted by atomic mass is 10.0. The highest BCUT2D eigenvalue weighted by Gasteiger charge is 2.19. The quantitative estimate of drug-likeness (QED) is 0.894. The molecule has 0 bridgehead atoms. The van der Waals surface area contributed by atoms with Gasteiger partial charge in [0.05, 0.1) is 16.7 Å². The SMILES string of the molecule is Cc1nc(C(N)c2ccc(C)c(F)c2F)cs1. The van der Waals surface area contributed by atoms with Crippen molar-refractivity contribution in [1.29, 1.82) is 0 Å². The molecule has 0 saturated carbocycles. The molecule has 2 aromatic rings. The van der Waals surface area contributed by atoms with Crippen molar-refractivity contribution in [3.05, 3.63) is 51.0 Å². The Labute approximate surface area is 102 Å². The second-order valence-corrected chi connectivity index (χ2v) is 4.93. The van der Waals surface area contributed by atoms with Gasteiger partial charge < -0.3 is 5.73 Å². The molecule has 0 aliphatic heterocycles. The molecule has 17 heavy (non-hydrogen) atoms. The number of hydrogen-bond donors (Lipinski definition) is 1. The average molecular weight is 254 g/mol. The van der Waals surface area contributed by atoms with Crippen LogP contribution in [-0.4, -0.2) is 4.98 Å². The normalized spacial score (nSPS) is 12.8. The molecule has 5 heteroatoms. The first-order chi connectivity index (χ1) is 8.00. The smallest absolute Gasteiger partial charge is 0.164 e. The van der Waals surface area contributed by atoms with Gasteiger partial charge in [-0.25, -0.2) is 13.8 Å². The van der Waals surface area contributed by atoms with Crippen LogP contribution in [0.5, 0.6) is 0 Å². The fraction of sp³-hybridized carbons (Fsp3) is 0.250. The fourth-order valence-electron chi connectivity index (χ4n) is 1.58. The summed E-state index contributed by atoms with van der Waals surface area (Å²) < 4.78 is 27.2. The van der Waals surface area contributed by atoms with Gasteiger partial charge in [0.15, 0.2) is 11.6 Å². The van der Waals surface area contributed by atoms with Crippen LogP contribution in [0.2, 0.25) is 0 Å². The van der Waals surface area contributed by atoms with E-state index in [1.165, 1.54) is 30.4 Å². The van der Waals surface area contributed by atoms with Crippen molar-refractivity contribution in [2.45, 2.75) is 19.9 Å². The molecule has 0 saturated heterocycles. The van der Waals surface area contributed by atoms with Crippen LogP contribution in [0.25, 0.3) is 0 Å². The predicted octanol–water partition coefficient (Wildman–Crippen LogP) is 3.09. The van der Waals surface area contributed by atoms with Crippen molar-refractivity contribution in [3.63, 3.8) is 0 Å². The third-order valence-electron chi connectivity index (χ3n) is 2.60. The van der Waals surface area contributed by atoms with Crippen LogP contribution in [0.1, 0.15) is 27.9 Å². The van der Waals surface area contributed by atoms with E-state index >= 15 is 0 Å². The molecule has 90 valence electrons. The van der Waals surface area contributed by atoms with E-state index < -0.39 is 17.7 Å². The topological polar surface area (TPSA) is 38.9 Å². The third-order valence-corrected chi connectivity index (χ3v) is 3.39. The number of hydrogen-bond acceptors (Lipinski definition) is 3. The van der Waals surface area contributed by atoms with Crippen LogP contribution in [0.4, 0.5) is 8.78 Å². The summed E-state index contributed by atoms with van der Waals surface area (Å²) in [6.45, 7) is 3.35. The van der Waals surface area contributed by atoms with Crippen LogP contribution >= 0.6 is 11.3 Å². The van der Waals surface area contributed by atoms with Gasteiger partial charge in [0.25, 0.3) is 0 Å². The molecule has 1 unspecified atom stereocenters. The lowest BCUT2D eigenvalue weighted by Gasteiger charge is -2.11. The molecule has 0 spiro atoms. The summed E-state index contributed by atoms with van der Waals surface area (Å²) in [6, 6.07) is 2.30. The number of aryl methyl sites for hydroxylation is 2. The van der Waals surface area contributed by atoms with Crippen molar-refractivity contribution < 1.29 is 8.78 Å². The Kier molecular flexibility index (Phi) is 3.22. The molecular weight excluding hydrogens is 242 g/mol. The van der Waals surface area contributed by atoms with E-state index in [1.807, 2.05) is 6.92 Å². The first kappa shape index (κ1) is 12.1. The first-order valence-corrected chi connectivity index (χ1v) is 6.00. The minimum atomic E-state index is -0.886. The highest BCUT2D eigenvalue weighted by molar-refractivity contribution is 7.09. The van der Waals surface area contributed by atoms with Crippen molar-refractivity contribution in [2.75, 3.05) is 0 Å². The van der Waals surface area contributed by atoms with Crippen molar-refractivity contribution in [1.82, 2.24) is 4.98 Å². The molecule has 0 amide bonds. The molecule has 0 fully saturated rings. The summed E-state index contributed by atoms with van der Waals surface area (Å²) in [5.74, 6) is -1.73. The molecule has 1 atom stereocenters. The minimum absolute atomic E-state index is 0.137. The number of nitrogens with two attached hydrogens (primary N) is 1. The Balaban J connectivity index is 2.44. The zero-order valence-corrected chi connectivity index (χ0v) is 10.3. The Morgan fingerprint density at radius 2 is 1.94 bits per heavy atom. The van der Waals surface area contributed by atoms with Crippen LogP contribution in [0, 0.1) is 25.5 Å². The lowest BCUT2D eigenvalue weighted by Crippen LogP contribution is -2.15. The minimum Gasteiger partial charge on any atom is -0.319 e. The van der Waals surface area contributed by atoms with Gasteiger partial charge in [-0.1, -0.05) is 12.1 Å². The lowest BCUT2D eigenvalue weighted by molar-refractivity contribution is 0.489. The number of benzene rings is 1. The van der Waals surface area contributed by atoms with Crippen LogP contribution in [0.3, 0.4) is 0 Å². The Bertz CT molecular complexity index is 551. The van der Waals surface area contributed by atoms with Crippen LogP contribution < -0.4 is 5.73 Å². The van der Waals surface area contributed by atoms with Gasteiger partial charge in [-0.3, -0.25) is 0 Å². The summed E-state index contributed by atoms with van der Waals surface area (Å²) in [5, 5.41) is 2.61. The standard InChI is InChI=1S/C12H12F2N2S/c1-6-3-4-8(11(14)10(6)13)12(15)9-5-17-7(2)16-9/h3-5,12H,15H2,1-2H3. The van der Waals surface area contributed by atoms with Crippen molar-refractivity contribution in [3.8, 4) is 0 Å². The van der Waals surface area contributed by atoms with E-state index in [9.17, 15) is 8.78 Å². The van der Waals surface area contributed by atoms with Crippen molar-refractivity contribution in [2.24, 2.45) is 5.73 Å². The molecule has 2 rings (SSSR count). The molecule has 2 N–H and O–H groups in total. The number of halogens is 2. The zero-order valence-electron chi connectivity index (χ0n) is 9.50. The Hall–Kier alpha value is -1.33. The summed E-state index contributed by atoms with van der Waals surface area (Å²) in [5.41, 5.74) is 6.86. The van der Waals surface area contributed by atoms with Gasteiger partial charge in [0.2, 0.25) is 0 Å². The maximum Gasteiger partial charge on any atom is 0.164 e. The number of aromatic nitrogens is 1. The van der Waals surface area contributed by atoms with Gasteiger partial charge in [0.1, 0.15) is 0 Å². The van der Waals surface area contributed by atoms with Crippen molar-refractivity contribution >= 4 is 11.3 Å². The molecule has 1 heterocycles. The summed E-state index contributed by atoms with van der Waals surface area (Å²) in [6.07, 6.45) is 0. The number of rotatable bonds is 2. The highest BCUT2D eigenvalue weighted by atomic mass is 32.1. The second kappa shape index (κ2) is 4.50. The number of thiazole rings is 1. The maximum absolute atomic E-state index is 13.7. The summed E-state index contributed by atoms with van der Waals surface area (Å²) in [7, 11) is 0. The Morgan fingerprint density at radius 3 is 2.53 bits per heavy atom. The highest BCUT2D eigenvalue weighted by Crippen LogP contribution is 2.25. The van der Waals surface area contributed by atoms with Gasteiger partial charge in [-0.2, -0.15) is 0 Å². The first-order valence-electron chi connectivity index (χ1n) is 5.13. The summed E-state index contributed by atoms with van der Waals surface area (Å²) in [4.78, 5) is 4.18. The molecule has 0 radical (unpaired) electrons. The predicted molar refractivity (Wildman–Crippen MR) is 64.0 cm³/mol. The van der Waals surface area contributed by atoms with E-state index in [0.717, 1.165) is 5.01 Å². The van der Waals surface area contributed by atoms with E-state index in [4.69, 9.17) is 5.73 Å². The average Bonchev–Trinajstić information content (AvgIpc) is 2.72. The zero-order chi connectivity index (χ0) is 12.6. The third kappa shape index (κ3) is 2.21. The van der Waals surface area contributed by atoms with E-state index in [1.54, 1.807) is 5.38 Å². The van der Waals surface area contributed by atoms with E-state index in [0.29, 0.717) is 5.69 Å². The molecule has 1 aromatic carbocycles. The van der Waals surface area contributed by atoms with Crippen LogP contribution in [-0.2, 0) is 0 Å². The molecule has 1 aromatic heterocycles. The Morgan fingerprint density at radius 1 is 1.24 bits per heavy atom. The monoisotopic (exact) mass is 254 g/mol. The molecule has 0 aliphatic carbocycles. The molecule has 0 aliphatic rings. The molecular formula is C12H12F2N2S. The van der Waals surface area contributed by atoms with Gasteiger partial charge in [-0.05, 0) is 19.4 Å². The van der Waals surface area contributed by atoms with Crippen LogP contribution in [0.15, 0.2) is 17.5 Å².